The summed E-state index contributed by atoms with van der Waals surface area (Å²) in [6.07, 6.45) is 1.56. The molecule has 1 aromatic rings. The molecule has 1 atom stereocenters. The van der Waals surface area contributed by atoms with Crippen LogP contribution in [0, 0.1) is 0 Å². The summed E-state index contributed by atoms with van der Waals surface area (Å²) in [5.41, 5.74) is 1.84. The summed E-state index contributed by atoms with van der Waals surface area (Å²) >= 11 is -1.11. The van der Waals surface area contributed by atoms with E-state index in [1.165, 1.54) is 0 Å². The average molecular weight is 181 g/mol. The number of rotatable bonds is 2. The van der Waals surface area contributed by atoms with Crippen LogP contribution in [0.15, 0.2) is 34.7 Å². The van der Waals surface area contributed by atoms with E-state index in [-0.39, 0.29) is 0 Å². The Morgan fingerprint density at radius 1 is 1.33 bits per heavy atom. The SMILES string of the molecule is C/C(=N\[S+](C)[O-])c1ccccc1. The zero-order valence-electron chi connectivity index (χ0n) is 7.15. The molecule has 12 heavy (non-hydrogen) atoms. The van der Waals surface area contributed by atoms with Crippen LogP contribution in [-0.4, -0.2) is 16.5 Å². The van der Waals surface area contributed by atoms with Gasteiger partial charge in [-0.1, -0.05) is 34.7 Å². The van der Waals surface area contributed by atoms with Crippen molar-refractivity contribution in [3.05, 3.63) is 35.9 Å². The van der Waals surface area contributed by atoms with Gasteiger partial charge in [-0.15, -0.1) is 0 Å². The van der Waals surface area contributed by atoms with Crippen LogP contribution in [0.5, 0.6) is 0 Å². The van der Waals surface area contributed by atoms with Gasteiger partial charge in [-0.2, -0.15) is 0 Å². The smallest absolute Gasteiger partial charge is 0.123 e. The zero-order chi connectivity index (χ0) is 8.97. The Morgan fingerprint density at radius 3 is 2.42 bits per heavy atom. The van der Waals surface area contributed by atoms with E-state index in [1.54, 1.807) is 6.26 Å². The first-order valence-corrected chi connectivity index (χ1v) is 5.16. The van der Waals surface area contributed by atoms with Crippen molar-refractivity contribution in [2.75, 3.05) is 6.26 Å². The second-order valence-corrected chi connectivity index (χ2v) is 3.50. The van der Waals surface area contributed by atoms with E-state index in [4.69, 9.17) is 0 Å². The third-order valence-corrected chi connectivity index (χ3v) is 1.99. The van der Waals surface area contributed by atoms with E-state index in [0.717, 1.165) is 11.3 Å². The molecule has 2 nitrogen and oxygen atoms in total. The summed E-state index contributed by atoms with van der Waals surface area (Å²) in [4.78, 5) is 0. The summed E-state index contributed by atoms with van der Waals surface area (Å²) in [5.74, 6) is 0. The number of nitrogens with zero attached hydrogens (tertiary/aromatic N) is 1. The Labute approximate surface area is 75.7 Å². The lowest BCUT2D eigenvalue weighted by Crippen LogP contribution is -1.99. The van der Waals surface area contributed by atoms with Crippen molar-refractivity contribution in [2.24, 2.45) is 4.40 Å². The first kappa shape index (κ1) is 9.29. The minimum Gasteiger partial charge on any atom is -0.592 e. The Balaban J connectivity index is 2.85. The average Bonchev–Trinajstić information content (AvgIpc) is 2.05. The van der Waals surface area contributed by atoms with Gasteiger partial charge in [0.1, 0.15) is 6.26 Å². The lowest BCUT2D eigenvalue weighted by Gasteiger charge is -1.99. The van der Waals surface area contributed by atoms with Crippen molar-refractivity contribution < 1.29 is 4.55 Å². The Hall–Kier alpha value is -0.800. The second kappa shape index (κ2) is 4.28. The van der Waals surface area contributed by atoms with Crippen molar-refractivity contribution in [1.82, 2.24) is 0 Å². The molecule has 64 valence electrons. The van der Waals surface area contributed by atoms with Crippen LogP contribution >= 0.6 is 0 Å². The van der Waals surface area contributed by atoms with E-state index in [0.29, 0.717) is 0 Å². The maximum absolute atomic E-state index is 10.8. The molecule has 0 fully saturated rings. The summed E-state index contributed by atoms with van der Waals surface area (Å²) in [6.45, 7) is 1.86. The molecule has 0 spiro atoms. The van der Waals surface area contributed by atoms with Gasteiger partial charge in [0.25, 0.3) is 0 Å². The van der Waals surface area contributed by atoms with Crippen LogP contribution < -0.4 is 0 Å². The highest BCUT2D eigenvalue weighted by Gasteiger charge is 1.99. The summed E-state index contributed by atoms with van der Waals surface area (Å²) in [7, 11) is 0. The van der Waals surface area contributed by atoms with Gasteiger partial charge in [0, 0.05) is 5.56 Å². The molecule has 0 heterocycles. The minimum absolute atomic E-state index is 0.816. The summed E-state index contributed by atoms with van der Waals surface area (Å²) in [5, 5.41) is 0. The fourth-order valence-corrected chi connectivity index (χ4v) is 1.42. The van der Waals surface area contributed by atoms with Crippen molar-refractivity contribution in [3.8, 4) is 0 Å². The molecule has 0 aliphatic rings. The van der Waals surface area contributed by atoms with Crippen LogP contribution in [-0.2, 0) is 11.4 Å². The topological polar surface area (TPSA) is 35.4 Å². The quantitative estimate of drug-likeness (QED) is 0.506. The Bertz CT molecular complexity index is 269. The predicted octanol–water partition coefficient (Wildman–Crippen LogP) is 1.79. The monoisotopic (exact) mass is 181 g/mol. The van der Waals surface area contributed by atoms with E-state index in [9.17, 15) is 4.55 Å². The standard InChI is InChI=1S/C9H11NOS/c1-8(10-12(2)11)9-6-4-3-5-7-9/h3-7H,1-2H3/b10-8+. The molecule has 3 heteroatoms. The molecule has 1 unspecified atom stereocenters. The molecule has 0 saturated heterocycles. The molecule has 1 rings (SSSR count). The van der Waals surface area contributed by atoms with Gasteiger partial charge in [-0.05, 0) is 6.92 Å². The van der Waals surface area contributed by atoms with Crippen molar-refractivity contribution in [3.63, 3.8) is 0 Å². The number of hydrogen-bond acceptors (Lipinski definition) is 2. The van der Waals surface area contributed by atoms with Gasteiger partial charge >= 0.3 is 0 Å². The third kappa shape index (κ3) is 2.68. The van der Waals surface area contributed by atoms with Gasteiger partial charge in [0.15, 0.2) is 0 Å². The molecule has 0 amide bonds. The van der Waals surface area contributed by atoms with Gasteiger partial charge in [-0.25, -0.2) is 0 Å². The lowest BCUT2D eigenvalue weighted by molar-refractivity contribution is 0.602. The molecular weight excluding hydrogens is 170 g/mol. The Kier molecular flexibility index (Phi) is 3.31. The molecule has 1 aromatic carbocycles. The molecule has 0 aliphatic heterocycles. The first-order valence-electron chi connectivity index (χ1n) is 3.64. The first-order chi connectivity index (χ1) is 5.70. The van der Waals surface area contributed by atoms with Gasteiger partial charge in [0.2, 0.25) is 0 Å². The Morgan fingerprint density at radius 2 is 1.92 bits per heavy atom. The van der Waals surface area contributed by atoms with E-state index >= 15 is 0 Å². The zero-order valence-corrected chi connectivity index (χ0v) is 7.97. The molecule has 0 aliphatic carbocycles. The van der Waals surface area contributed by atoms with Gasteiger partial charge in [-0.3, -0.25) is 0 Å². The highest BCUT2D eigenvalue weighted by atomic mass is 32.2. The van der Waals surface area contributed by atoms with Crippen LogP contribution in [0.1, 0.15) is 12.5 Å². The maximum atomic E-state index is 10.8. The number of benzene rings is 1. The molecule has 0 radical (unpaired) electrons. The van der Waals surface area contributed by atoms with Crippen LogP contribution in [0.2, 0.25) is 0 Å². The van der Waals surface area contributed by atoms with Crippen LogP contribution in [0.25, 0.3) is 0 Å². The van der Waals surface area contributed by atoms with Crippen molar-refractivity contribution >= 4 is 17.1 Å². The van der Waals surface area contributed by atoms with Crippen molar-refractivity contribution in [2.45, 2.75) is 6.92 Å². The molecule has 0 N–H and O–H groups in total. The van der Waals surface area contributed by atoms with E-state index in [2.05, 4.69) is 4.40 Å². The highest BCUT2D eigenvalue weighted by molar-refractivity contribution is 7.89. The second-order valence-electron chi connectivity index (χ2n) is 2.47. The maximum Gasteiger partial charge on any atom is 0.123 e. The molecular formula is C9H11NOS. The largest absolute Gasteiger partial charge is 0.592 e. The summed E-state index contributed by atoms with van der Waals surface area (Å²) in [6, 6.07) is 9.72. The predicted molar refractivity (Wildman–Crippen MR) is 52.7 cm³/mol. The number of hydrogen-bond donors (Lipinski definition) is 0. The molecule has 0 aromatic heterocycles. The van der Waals surface area contributed by atoms with Gasteiger partial charge in [0.05, 0.1) is 17.1 Å². The summed E-state index contributed by atoms with van der Waals surface area (Å²) < 4.78 is 14.7. The van der Waals surface area contributed by atoms with E-state index in [1.807, 2.05) is 37.3 Å². The van der Waals surface area contributed by atoms with Crippen LogP contribution in [0.4, 0.5) is 0 Å². The third-order valence-electron chi connectivity index (χ3n) is 1.46. The highest BCUT2D eigenvalue weighted by Crippen LogP contribution is 2.02. The van der Waals surface area contributed by atoms with Gasteiger partial charge < -0.3 is 4.55 Å². The van der Waals surface area contributed by atoms with E-state index < -0.39 is 11.4 Å². The van der Waals surface area contributed by atoms with Crippen molar-refractivity contribution in [1.29, 1.82) is 0 Å². The lowest BCUT2D eigenvalue weighted by atomic mass is 10.1. The van der Waals surface area contributed by atoms with Crippen LogP contribution in [0.3, 0.4) is 0 Å². The molecule has 0 bridgehead atoms. The normalized spacial score (nSPS) is 14.4. The fourth-order valence-electron chi connectivity index (χ4n) is 0.925. The minimum atomic E-state index is -1.11. The fraction of sp³-hybridized carbons (Fsp3) is 0.222. The molecule has 0 saturated carbocycles.